The van der Waals surface area contributed by atoms with Crippen LogP contribution >= 0.6 is 0 Å². The highest BCUT2D eigenvalue weighted by Gasteiger charge is 2.07. The quantitative estimate of drug-likeness (QED) is 0.759. The predicted molar refractivity (Wildman–Crippen MR) is 76.4 cm³/mol. The third-order valence-electron chi connectivity index (χ3n) is 3.20. The number of nitrogens with zero attached hydrogens (tertiary/aromatic N) is 6. The van der Waals surface area contributed by atoms with Gasteiger partial charge in [-0.2, -0.15) is 10.2 Å². The molecule has 7 nitrogen and oxygen atoms in total. The van der Waals surface area contributed by atoms with Gasteiger partial charge in [-0.3, -0.25) is 0 Å². The summed E-state index contributed by atoms with van der Waals surface area (Å²) >= 11 is 0. The molecule has 1 atom stereocenters. The third-order valence-corrected chi connectivity index (χ3v) is 3.20. The monoisotopic (exact) mass is 281 g/mol. The molecule has 0 aliphatic rings. The zero-order chi connectivity index (χ0) is 14.5. The van der Waals surface area contributed by atoms with Crippen molar-refractivity contribution in [2.24, 2.45) is 0 Å². The largest absolute Gasteiger partial charge is 0.304 e. The average molecular weight is 281 g/mol. The van der Waals surface area contributed by atoms with Gasteiger partial charge in [0.1, 0.15) is 6.33 Å². The van der Waals surface area contributed by atoms with Crippen LogP contribution in [0.1, 0.15) is 24.2 Å². The van der Waals surface area contributed by atoms with Gasteiger partial charge in [0.05, 0.1) is 11.4 Å². The summed E-state index contributed by atoms with van der Waals surface area (Å²) in [4.78, 5) is 0. The van der Waals surface area contributed by atoms with Gasteiger partial charge in [0.2, 0.25) is 0 Å². The molecular weight excluding hydrogens is 266 g/mol. The summed E-state index contributed by atoms with van der Waals surface area (Å²) in [7, 11) is 0. The minimum Gasteiger partial charge on any atom is -0.304 e. The highest BCUT2D eigenvalue weighted by atomic mass is 15.5. The SMILES string of the molecule is CC(NCc1cccnn1)c1cccc(-n2cnnn2)c1. The Bertz CT molecular complexity index is 682. The van der Waals surface area contributed by atoms with E-state index < -0.39 is 0 Å². The third kappa shape index (κ3) is 3.26. The first-order chi connectivity index (χ1) is 10.3. The lowest BCUT2D eigenvalue weighted by atomic mass is 10.1. The molecule has 1 N–H and O–H groups in total. The molecule has 1 unspecified atom stereocenters. The summed E-state index contributed by atoms with van der Waals surface area (Å²) in [6, 6.07) is 12.1. The number of tetrazole rings is 1. The predicted octanol–water partition coefficient (Wildman–Crippen LogP) is 1.30. The molecule has 3 rings (SSSR count). The van der Waals surface area contributed by atoms with Crippen molar-refractivity contribution in [3.05, 3.63) is 60.2 Å². The van der Waals surface area contributed by atoms with E-state index >= 15 is 0 Å². The van der Waals surface area contributed by atoms with E-state index in [0.717, 1.165) is 16.9 Å². The van der Waals surface area contributed by atoms with Crippen LogP contribution in [0, 0.1) is 0 Å². The van der Waals surface area contributed by atoms with E-state index in [2.05, 4.69) is 50.1 Å². The van der Waals surface area contributed by atoms with Gasteiger partial charge in [-0.1, -0.05) is 12.1 Å². The molecule has 2 heterocycles. The Kier molecular flexibility index (Phi) is 3.92. The fourth-order valence-corrected chi connectivity index (χ4v) is 2.02. The summed E-state index contributed by atoms with van der Waals surface area (Å²) in [5, 5.41) is 22.6. The highest BCUT2D eigenvalue weighted by molar-refractivity contribution is 5.35. The van der Waals surface area contributed by atoms with Crippen LogP contribution in [-0.4, -0.2) is 30.4 Å². The molecule has 106 valence electrons. The van der Waals surface area contributed by atoms with Gasteiger partial charge in [-0.05, 0) is 47.2 Å². The Labute approximate surface area is 122 Å². The van der Waals surface area contributed by atoms with Crippen LogP contribution in [0.2, 0.25) is 0 Å². The molecule has 7 heteroatoms. The van der Waals surface area contributed by atoms with E-state index in [1.54, 1.807) is 17.2 Å². The second-order valence-corrected chi connectivity index (χ2v) is 4.67. The van der Waals surface area contributed by atoms with E-state index in [-0.39, 0.29) is 6.04 Å². The second-order valence-electron chi connectivity index (χ2n) is 4.67. The first-order valence-electron chi connectivity index (χ1n) is 6.66. The van der Waals surface area contributed by atoms with Crippen LogP contribution in [0.4, 0.5) is 0 Å². The van der Waals surface area contributed by atoms with Crippen molar-refractivity contribution in [3.8, 4) is 5.69 Å². The van der Waals surface area contributed by atoms with Crippen molar-refractivity contribution < 1.29 is 0 Å². The van der Waals surface area contributed by atoms with Crippen molar-refractivity contribution in [2.45, 2.75) is 19.5 Å². The van der Waals surface area contributed by atoms with Crippen LogP contribution in [0.15, 0.2) is 48.9 Å². The van der Waals surface area contributed by atoms with Gasteiger partial charge in [0.15, 0.2) is 0 Å². The lowest BCUT2D eigenvalue weighted by Crippen LogP contribution is -2.19. The maximum Gasteiger partial charge on any atom is 0.143 e. The molecule has 2 aromatic heterocycles. The molecule has 0 amide bonds. The minimum absolute atomic E-state index is 0.184. The molecule has 3 aromatic rings. The van der Waals surface area contributed by atoms with Crippen LogP contribution < -0.4 is 5.32 Å². The van der Waals surface area contributed by atoms with Crippen LogP contribution in [0.25, 0.3) is 5.69 Å². The van der Waals surface area contributed by atoms with E-state index in [9.17, 15) is 0 Å². The Hall–Kier alpha value is -2.67. The average Bonchev–Trinajstić information content (AvgIpc) is 3.08. The fraction of sp³-hybridized carbons (Fsp3) is 0.214. The van der Waals surface area contributed by atoms with Crippen molar-refractivity contribution >= 4 is 0 Å². The van der Waals surface area contributed by atoms with Crippen molar-refractivity contribution in [1.82, 2.24) is 35.7 Å². The summed E-state index contributed by atoms with van der Waals surface area (Å²) in [5.74, 6) is 0. The zero-order valence-electron chi connectivity index (χ0n) is 11.6. The molecule has 0 bridgehead atoms. The van der Waals surface area contributed by atoms with E-state index in [0.29, 0.717) is 6.54 Å². The van der Waals surface area contributed by atoms with Gasteiger partial charge in [-0.25, -0.2) is 4.68 Å². The number of benzene rings is 1. The molecule has 0 saturated carbocycles. The van der Waals surface area contributed by atoms with Crippen LogP contribution in [0.5, 0.6) is 0 Å². The number of aromatic nitrogens is 6. The van der Waals surface area contributed by atoms with E-state index in [1.807, 2.05) is 24.3 Å². The summed E-state index contributed by atoms with van der Waals surface area (Å²) in [6.45, 7) is 2.78. The van der Waals surface area contributed by atoms with E-state index in [4.69, 9.17) is 0 Å². The van der Waals surface area contributed by atoms with E-state index in [1.165, 1.54) is 0 Å². The van der Waals surface area contributed by atoms with Crippen molar-refractivity contribution in [3.63, 3.8) is 0 Å². The Morgan fingerprint density at radius 3 is 2.90 bits per heavy atom. The summed E-state index contributed by atoms with van der Waals surface area (Å²) in [6.07, 6.45) is 3.25. The number of hydrogen-bond acceptors (Lipinski definition) is 6. The zero-order valence-corrected chi connectivity index (χ0v) is 11.6. The Morgan fingerprint density at radius 2 is 2.14 bits per heavy atom. The van der Waals surface area contributed by atoms with Crippen molar-refractivity contribution in [2.75, 3.05) is 0 Å². The Morgan fingerprint density at radius 1 is 1.19 bits per heavy atom. The Balaban J connectivity index is 1.70. The number of rotatable bonds is 5. The first kappa shape index (κ1) is 13.3. The lowest BCUT2D eigenvalue weighted by molar-refractivity contribution is 0.563. The summed E-state index contributed by atoms with van der Waals surface area (Å²) in [5.41, 5.74) is 3.01. The molecule has 0 aliphatic heterocycles. The van der Waals surface area contributed by atoms with Gasteiger partial charge in [-0.15, -0.1) is 5.10 Å². The number of nitrogens with one attached hydrogen (secondary N) is 1. The van der Waals surface area contributed by atoms with Gasteiger partial charge in [0, 0.05) is 18.8 Å². The summed E-state index contributed by atoms with van der Waals surface area (Å²) < 4.78 is 1.64. The molecule has 1 aromatic carbocycles. The minimum atomic E-state index is 0.184. The maximum atomic E-state index is 4.06. The molecule has 0 spiro atoms. The van der Waals surface area contributed by atoms with Gasteiger partial charge < -0.3 is 5.32 Å². The molecule has 21 heavy (non-hydrogen) atoms. The second kappa shape index (κ2) is 6.19. The molecular formula is C14H15N7. The number of hydrogen-bond donors (Lipinski definition) is 1. The maximum absolute atomic E-state index is 4.06. The van der Waals surface area contributed by atoms with Crippen LogP contribution in [0.3, 0.4) is 0 Å². The molecule has 0 aliphatic carbocycles. The standard InChI is InChI=1S/C14H15N7/c1-11(15-9-13-5-3-7-16-18-13)12-4-2-6-14(8-12)21-10-17-19-20-21/h2-8,10-11,15H,9H2,1H3. The fourth-order valence-electron chi connectivity index (χ4n) is 2.02. The molecule has 0 radical (unpaired) electrons. The molecule has 0 saturated heterocycles. The van der Waals surface area contributed by atoms with Crippen LogP contribution in [-0.2, 0) is 6.54 Å². The first-order valence-corrected chi connectivity index (χ1v) is 6.66. The van der Waals surface area contributed by atoms with Crippen molar-refractivity contribution in [1.29, 1.82) is 0 Å². The highest BCUT2D eigenvalue weighted by Crippen LogP contribution is 2.16. The van der Waals surface area contributed by atoms with Gasteiger partial charge in [0.25, 0.3) is 0 Å². The lowest BCUT2D eigenvalue weighted by Gasteiger charge is -2.14. The molecule has 0 fully saturated rings. The smallest absolute Gasteiger partial charge is 0.143 e. The normalized spacial score (nSPS) is 12.2. The topological polar surface area (TPSA) is 81.4 Å². The van der Waals surface area contributed by atoms with Gasteiger partial charge >= 0.3 is 0 Å².